The fraction of sp³-hybridized carbons (Fsp3) is 0.703. The van der Waals surface area contributed by atoms with Crippen LogP contribution in [0.2, 0.25) is 0 Å². The van der Waals surface area contributed by atoms with Gasteiger partial charge in [-0.2, -0.15) is 5.10 Å². The van der Waals surface area contributed by atoms with Crippen LogP contribution in [0.25, 0.3) is 0 Å². The number of Topliss-reactive ketones (excluding diaryl/α,β-unsaturated/α-hetero) is 1. The molecule has 0 aromatic heterocycles. The Morgan fingerprint density at radius 1 is 1.12 bits per heavy atom. The van der Waals surface area contributed by atoms with E-state index in [-0.39, 0.29) is 61.5 Å². The van der Waals surface area contributed by atoms with Crippen LogP contribution in [-0.4, -0.2) is 81.2 Å². The lowest BCUT2D eigenvalue weighted by molar-refractivity contribution is -0.209. The number of aliphatic hydroxyl groups is 3. The minimum absolute atomic E-state index is 0.0394. The first-order chi connectivity index (χ1) is 23.2. The van der Waals surface area contributed by atoms with Gasteiger partial charge in [0, 0.05) is 29.6 Å². The number of aliphatic hydroxyl groups excluding tert-OH is 2. The average molecular weight is 686 g/mol. The molecule has 12 heteroatoms. The largest absolute Gasteiger partial charge is 0.442 e. The number of hydrogen-bond donors (Lipinski definition) is 5. The van der Waals surface area contributed by atoms with Crippen LogP contribution in [0.15, 0.2) is 41.1 Å². The molecule has 3 unspecified atom stereocenters. The van der Waals surface area contributed by atoms with E-state index < -0.39 is 58.6 Å². The van der Waals surface area contributed by atoms with Gasteiger partial charge in [0.2, 0.25) is 5.91 Å². The highest BCUT2D eigenvalue weighted by Gasteiger charge is 2.75. The van der Waals surface area contributed by atoms with Gasteiger partial charge < -0.3 is 25.4 Å². The first kappa shape index (κ1) is 37.0. The molecule has 11 nitrogen and oxygen atoms in total. The topological polar surface area (TPSA) is 175 Å². The number of rotatable bonds is 10. The Bertz CT molecular complexity index is 1440. The fourth-order valence-electron chi connectivity index (χ4n) is 9.70. The second-order valence-corrected chi connectivity index (χ2v) is 15.2. The van der Waals surface area contributed by atoms with Crippen molar-refractivity contribution in [3.63, 3.8) is 0 Å². The predicted octanol–water partition coefficient (Wildman–Crippen LogP) is 4.15. The number of amides is 2. The van der Waals surface area contributed by atoms with E-state index >= 15 is 4.39 Å². The lowest BCUT2D eigenvalue weighted by Gasteiger charge is -2.62. The number of alkyl halides is 1. The molecule has 0 heterocycles. The van der Waals surface area contributed by atoms with Gasteiger partial charge in [0.15, 0.2) is 17.2 Å². The van der Waals surface area contributed by atoms with E-state index in [2.05, 4.69) is 15.8 Å². The lowest BCUT2D eigenvalue weighted by atomic mass is 9.44. The van der Waals surface area contributed by atoms with E-state index in [4.69, 9.17) is 4.74 Å². The Balaban J connectivity index is 1.17. The number of nitrogens with zero attached hydrogens (tertiary/aromatic N) is 1. The van der Waals surface area contributed by atoms with Crippen LogP contribution in [0.5, 0.6) is 0 Å². The summed E-state index contributed by atoms with van der Waals surface area (Å²) >= 11 is 0. The van der Waals surface area contributed by atoms with E-state index in [1.165, 1.54) is 12.2 Å². The Morgan fingerprint density at radius 2 is 1.90 bits per heavy atom. The number of fused-ring (bicyclic) bond motifs is 5. The van der Waals surface area contributed by atoms with Crippen LogP contribution in [0.4, 0.5) is 9.18 Å². The van der Waals surface area contributed by atoms with Gasteiger partial charge in [-0.3, -0.25) is 14.4 Å². The van der Waals surface area contributed by atoms with Crippen molar-refractivity contribution in [3.8, 4) is 0 Å². The highest BCUT2D eigenvalue weighted by molar-refractivity contribution is 6.01. The molecule has 0 radical (unpaired) electrons. The predicted molar refractivity (Wildman–Crippen MR) is 180 cm³/mol. The molecule has 49 heavy (non-hydrogen) atoms. The van der Waals surface area contributed by atoms with Gasteiger partial charge in [0.05, 0.1) is 25.0 Å². The van der Waals surface area contributed by atoms with Crippen LogP contribution in [0, 0.1) is 28.6 Å². The molecule has 270 valence electrons. The van der Waals surface area contributed by atoms with E-state index in [1.54, 1.807) is 19.9 Å². The van der Waals surface area contributed by atoms with Gasteiger partial charge in [0.25, 0.3) is 0 Å². The number of alkyl carbamates (subject to hydrolysis) is 1. The summed E-state index contributed by atoms with van der Waals surface area (Å²) in [5, 5.41) is 41.0. The third-order valence-electron chi connectivity index (χ3n) is 12.4. The molecule has 5 N–H and O–H groups in total. The number of ether oxygens (including phenoxy) is 1. The quantitative estimate of drug-likeness (QED) is 0.130. The van der Waals surface area contributed by atoms with Crippen LogP contribution in [-0.2, 0) is 19.1 Å². The molecule has 0 aromatic carbocycles. The Kier molecular flexibility index (Phi) is 11.0. The van der Waals surface area contributed by atoms with Crippen LogP contribution < -0.4 is 10.7 Å². The maximum absolute atomic E-state index is 17.4. The molecule has 0 aliphatic heterocycles. The Morgan fingerprint density at radius 3 is 2.65 bits per heavy atom. The maximum Gasteiger partial charge on any atom is 0.408 e. The van der Waals surface area contributed by atoms with Crippen LogP contribution >= 0.6 is 0 Å². The summed E-state index contributed by atoms with van der Waals surface area (Å²) in [5.74, 6) is -2.46. The molecule has 0 spiro atoms. The van der Waals surface area contributed by atoms with Crippen molar-refractivity contribution in [2.24, 2.45) is 33.7 Å². The summed E-state index contributed by atoms with van der Waals surface area (Å²) in [4.78, 5) is 49.3. The highest BCUT2D eigenvalue weighted by Crippen LogP contribution is 2.70. The van der Waals surface area contributed by atoms with E-state index in [9.17, 15) is 34.5 Å². The molecular formula is C37H52FN3O8. The van der Waals surface area contributed by atoms with E-state index in [0.717, 1.165) is 32.1 Å². The molecule has 3 saturated carbocycles. The molecule has 0 aromatic rings. The van der Waals surface area contributed by atoms with Gasteiger partial charge in [0.1, 0.15) is 11.7 Å². The molecule has 9 atom stereocenters. The van der Waals surface area contributed by atoms with Crippen LogP contribution in [0.1, 0.15) is 97.8 Å². The van der Waals surface area contributed by atoms with Crippen molar-refractivity contribution < 1.29 is 43.6 Å². The van der Waals surface area contributed by atoms with Gasteiger partial charge in [-0.1, -0.05) is 38.0 Å². The molecule has 0 saturated heterocycles. The monoisotopic (exact) mass is 685 g/mol. The summed E-state index contributed by atoms with van der Waals surface area (Å²) in [6.45, 7) is 4.46. The SMILES string of the molecule is C[C@@H]1CC2C3CCC4=CC(=O)C=C[C@]4(C)[C@@]3(F)[C@@H](O)C[C@]2(C)[C@@]1(O)/C(CO)=N\NC(=O)CCCC(=O)CNC(=O)OC1/C=C/CCCCC1. The number of hydrazone groups is 1. The van der Waals surface area contributed by atoms with Gasteiger partial charge >= 0.3 is 6.09 Å². The molecule has 0 bridgehead atoms. The zero-order chi connectivity index (χ0) is 35.6. The summed E-state index contributed by atoms with van der Waals surface area (Å²) in [6, 6.07) is 0. The third-order valence-corrected chi connectivity index (χ3v) is 12.4. The first-order valence-corrected chi connectivity index (χ1v) is 17.8. The summed E-state index contributed by atoms with van der Waals surface area (Å²) in [7, 11) is 0. The zero-order valence-corrected chi connectivity index (χ0v) is 28.9. The minimum atomic E-state index is -2.06. The van der Waals surface area contributed by atoms with Crippen molar-refractivity contribution >= 4 is 29.3 Å². The average Bonchev–Trinajstić information content (AvgIpc) is 3.23. The van der Waals surface area contributed by atoms with Crippen LogP contribution in [0.3, 0.4) is 0 Å². The second kappa shape index (κ2) is 14.6. The van der Waals surface area contributed by atoms with Crippen molar-refractivity contribution in [2.45, 2.75) is 121 Å². The standard InChI is InChI=1S/C37H52FN3O8/c1-23-18-29-28-15-14-24-19-25(43)16-17-34(24,2)36(28,38)31(45)20-35(29,3)37(23,48)30(22-42)40-41-32(46)13-9-10-26(44)21-39-33(47)49-27-11-7-5-4-6-8-12-27/h7,11,16-17,19,23,27-29,31,42,45,48H,4-6,8-10,12-15,18,20-22H2,1-3H3,(H,39,47)(H,41,46)/b11-7+,40-30-/t23-,27?,28?,29?,31+,34+,35+,36+,37+/m1/s1. The number of carbonyl (C=O) groups excluding carboxylic acids is 4. The molecular weight excluding hydrogens is 633 g/mol. The first-order valence-electron chi connectivity index (χ1n) is 17.8. The number of allylic oxidation sites excluding steroid dienone is 5. The summed E-state index contributed by atoms with van der Waals surface area (Å²) < 4.78 is 22.8. The normalized spacial score (nSPS) is 39.3. The number of nitrogens with one attached hydrogen (secondary N) is 2. The van der Waals surface area contributed by atoms with Gasteiger partial charge in [-0.05, 0) is 94.8 Å². The van der Waals surface area contributed by atoms with Crippen molar-refractivity contribution in [2.75, 3.05) is 13.2 Å². The van der Waals surface area contributed by atoms with Crippen molar-refractivity contribution in [3.05, 3.63) is 36.0 Å². The molecule has 5 rings (SSSR count). The maximum atomic E-state index is 17.4. The van der Waals surface area contributed by atoms with Crippen molar-refractivity contribution in [1.82, 2.24) is 10.7 Å². The van der Waals surface area contributed by atoms with E-state index in [1.807, 2.05) is 19.1 Å². The third kappa shape index (κ3) is 6.68. The molecule has 5 aliphatic rings. The van der Waals surface area contributed by atoms with E-state index in [0.29, 0.717) is 24.8 Å². The number of hydrogen-bond acceptors (Lipinski definition) is 9. The van der Waals surface area contributed by atoms with Gasteiger partial charge in [-0.25, -0.2) is 14.6 Å². The number of halogens is 1. The zero-order valence-electron chi connectivity index (χ0n) is 28.9. The lowest BCUT2D eigenvalue weighted by Crippen LogP contribution is -2.69. The Hall–Kier alpha value is -3.22. The number of ketones is 2. The van der Waals surface area contributed by atoms with Gasteiger partial charge in [-0.15, -0.1) is 0 Å². The highest BCUT2D eigenvalue weighted by atomic mass is 19.1. The molecule has 5 aliphatic carbocycles. The molecule has 2 amide bonds. The summed E-state index contributed by atoms with van der Waals surface area (Å²) in [6.07, 6.45) is 12.1. The minimum Gasteiger partial charge on any atom is -0.442 e. The summed E-state index contributed by atoms with van der Waals surface area (Å²) in [5.41, 5.74) is -3.04. The smallest absolute Gasteiger partial charge is 0.408 e. The van der Waals surface area contributed by atoms with Crippen molar-refractivity contribution in [1.29, 1.82) is 0 Å². The molecule has 3 fully saturated rings. The number of carbonyl (C=O) groups is 4. The Labute approximate surface area is 287 Å². The second-order valence-electron chi connectivity index (χ2n) is 15.2. The fourth-order valence-corrected chi connectivity index (χ4v) is 9.70.